The molecule has 1 atom stereocenters. The summed E-state index contributed by atoms with van der Waals surface area (Å²) < 4.78 is 1.09. The minimum absolute atomic E-state index is 0.709. The zero-order valence-corrected chi connectivity index (χ0v) is 13.8. The van der Waals surface area contributed by atoms with Crippen LogP contribution in [-0.4, -0.2) is 6.29 Å². The molecule has 1 aromatic carbocycles. The first kappa shape index (κ1) is 15.5. The predicted octanol–water partition coefficient (Wildman–Crippen LogP) is 5.78. The van der Waals surface area contributed by atoms with Crippen molar-refractivity contribution in [3.05, 3.63) is 39.9 Å². The molecule has 0 aliphatic heterocycles. The molecule has 0 spiro atoms. The highest BCUT2D eigenvalue weighted by Gasteiger charge is 2.21. The van der Waals surface area contributed by atoms with Gasteiger partial charge < -0.3 is 0 Å². The third-order valence-electron chi connectivity index (χ3n) is 4.25. The van der Waals surface area contributed by atoms with Crippen molar-refractivity contribution in [2.24, 2.45) is 5.92 Å². The summed E-state index contributed by atoms with van der Waals surface area (Å²) in [5.74, 6) is 0.709. The molecule has 0 N–H and O–H groups in total. The van der Waals surface area contributed by atoms with Gasteiger partial charge in [-0.25, -0.2) is 0 Å². The Hall–Kier alpha value is -0.890. The Morgan fingerprint density at radius 2 is 2.00 bits per heavy atom. The molecule has 1 aliphatic rings. The van der Waals surface area contributed by atoms with E-state index in [-0.39, 0.29) is 0 Å². The molecule has 0 bridgehead atoms. The van der Waals surface area contributed by atoms with E-state index in [0.29, 0.717) is 5.92 Å². The lowest BCUT2D eigenvalue weighted by Crippen LogP contribution is -2.11. The monoisotopic (exact) mass is 334 g/mol. The van der Waals surface area contributed by atoms with Crippen LogP contribution in [0.4, 0.5) is 0 Å². The van der Waals surface area contributed by atoms with Gasteiger partial charge in [0.25, 0.3) is 0 Å². The SMILES string of the molecule is CCCCCC1CCC(c2ccc(Br)cc2)=C(C=O)C1. The predicted molar refractivity (Wildman–Crippen MR) is 88.6 cm³/mol. The van der Waals surface area contributed by atoms with Crippen molar-refractivity contribution in [1.82, 2.24) is 0 Å². The summed E-state index contributed by atoms with van der Waals surface area (Å²) in [7, 11) is 0. The molecule has 1 nitrogen and oxygen atoms in total. The van der Waals surface area contributed by atoms with Crippen molar-refractivity contribution in [3.8, 4) is 0 Å². The molecule has 0 heterocycles. The molecule has 20 heavy (non-hydrogen) atoms. The minimum atomic E-state index is 0.709. The van der Waals surface area contributed by atoms with E-state index in [1.807, 2.05) is 0 Å². The van der Waals surface area contributed by atoms with Crippen LogP contribution < -0.4 is 0 Å². The van der Waals surface area contributed by atoms with E-state index in [9.17, 15) is 4.79 Å². The maximum atomic E-state index is 11.4. The maximum absolute atomic E-state index is 11.4. The lowest BCUT2D eigenvalue weighted by Gasteiger charge is -2.25. The summed E-state index contributed by atoms with van der Waals surface area (Å²) >= 11 is 3.46. The molecule has 108 valence electrons. The highest BCUT2D eigenvalue weighted by atomic mass is 79.9. The number of aldehydes is 1. The van der Waals surface area contributed by atoms with Crippen LogP contribution in [0, 0.1) is 5.92 Å². The average Bonchev–Trinajstić information content (AvgIpc) is 2.48. The van der Waals surface area contributed by atoms with Crippen molar-refractivity contribution in [3.63, 3.8) is 0 Å². The molecule has 2 rings (SSSR count). The van der Waals surface area contributed by atoms with Gasteiger partial charge in [0.1, 0.15) is 6.29 Å². The Balaban J connectivity index is 2.08. The van der Waals surface area contributed by atoms with Crippen LogP contribution in [0.3, 0.4) is 0 Å². The fourth-order valence-corrected chi connectivity index (χ4v) is 3.34. The zero-order chi connectivity index (χ0) is 14.4. The molecule has 1 aromatic rings. The number of allylic oxidation sites excluding steroid dienone is 2. The van der Waals surface area contributed by atoms with Gasteiger partial charge in [0, 0.05) is 4.47 Å². The van der Waals surface area contributed by atoms with E-state index >= 15 is 0 Å². The lowest BCUT2D eigenvalue weighted by atomic mass is 9.79. The number of benzene rings is 1. The number of unbranched alkanes of at least 4 members (excludes halogenated alkanes) is 2. The highest BCUT2D eigenvalue weighted by Crippen LogP contribution is 2.37. The van der Waals surface area contributed by atoms with E-state index in [2.05, 4.69) is 47.1 Å². The van der Waals surface area contributed by atoms with Crippen LogP contribution in [0.25, 0.3) is 5.57 Å². The largest absolute Gasteiger partial charge is 0.298 e. The van der Waals surface area contributed by atoms with E-state index < -0.39 is 0 Å². The van der Waals surface area contributed by atoms with Gasteiger partial charge in [0.15, 0.2) is 0 Å². The van der Waals surface area contributed by atoms with Crippen LogP contribution in [0.5, 0.6) is 0 Å². The Kier molecular flexibility index (Phi) is 6.03. The first-order valence-electron chi connectivity index (χ1n) is 7.67. The average molecular weight is 335 g/mol. The molecule has 1 aliphatic carbocycles. The molecule has 0 amide bonds. The first-order valence-corrected chi connectivity index (χ1v) is 8.47. The molecule has 0 saturated carbocycles. The van der Waals surface area contributed by atoms with Gasteiger partial charge in [-0.3, -0.25) is 4.79 Å². The Bertz CT molecular complexity index is 473. The Morgan fingerprint density at radius 1 is 1.25 bits per heavy atom. The van der Waals surface area contributed by atoms with Gasteiger partial charge in [0.2, 0.25) is 0 Å². The van der Waals surface area contributed by atoms with Crippen molar-refractivity contribution in [1.29, 1.82) is 0 Å². The van der Waals surface area contributed by atoms with Crippen molar-refractivity contribution in [2.45, 2.75) is 51.9 Å². The third-order valence-corrected chi connectivity index (χ3v) is 4.78. The second-order valence-corrected chi connectivity index (χ2v) is 6.65. The number of halogens is 1. The van der Waals surface area contributed by atoms with Crippen LogP contribution in [0.2, 0.25) is 0 Å². The summed E-state index contributed by atoms with van der Waals surface area (Å²) in [6, 6.07) is 8.33. The summed E-state index contributed by atoms with van der Waals surface area (Å²) in [4.78, 5) is 11.4. The van der Waals surface area contributed by atoms with E-state index in [4.69, 9.17) is 0 Å². The molecular weight excluding hydrogens is 312 g/mol. The standard InChI is InChI=1S/C18H23BrO/c1-2-3-4-5-14-6-11-18(16(12-14)13-20)15-7-9-17(19)10-8-15/h7-10,13-14H,2-6,11-12H2,1H3. The van der Waals surface area contributed by atoms with Crippen molar-refractivity contribution < 1.29 is 4.79 Å². The van der Waals surface area contributed by atoms with Gasteiger partial charge in [-0.15, -0.1) is 0 Å². The van der Waals surface area contributed by atoms with E-state index in [1.54, 1.807) is 0 Å². The highest BCUT2D eigenvalue weighted by molar-refractivity contribution is 9.10. The fourth-order valence-electron chi connectivity index (χ4n) is 3.07. The lowest BCUT2D eigenvalue weighted by molar-refractivity contribution is -0.105. The summed E-state index contributed by atoms with van der Waals surface area (Å²) in [5.41, 5.74) is 3.50. The number of carbonyl (C=O) groups is 1. The zero-order valence-electron chi connectivity index (χ0n) is 12.2. The van der Waals surface area contributed by atoms with Crippen molar-refractivity contribution in [2.75, 3.05) is 0 Å². The topological polar surface area (TPSA) is 17.1 Å². The number of hydrogen-bond acceptors (Lipinski definition) is 1. The van der Waals surface area contributed by atoms with Crippen LogP contribution >= 0.6 is 15.9 Å². The second kappa shape index (κ2) is 7.78. The van der Waals surface area contributed by atoms with Gasteiger partial charge in [-0.05, 0) is 54.0 Å². The minimum Gasteiger partial charge on any atom is -0.298 e. The molecular formula is C18H23BrO. The van der Waals surface area contributed by atoms with Crippen LogP contribution in [0.15, 0.2) is 34.3 Å². The number of carbonyl (C=O) groups excluding carboxylic acids is 1. The normalized spacial score (nSPS) is 19.2. The Labute approximate surface area is 130 Å². The van der Waals surface area contributed by atoms with Gasteiger partial charge in [0.05, 0.1) is 0 Å². The summed E-state index contributed by atoms with van der Waals surface area (Å²) in [5, 5.41) is 0. The molecule has 2 heteroatoms. The molecule has 0 saturated heterocycles. The first-order chi connectivity index (χ1) is 9.74. The maximum Gasteiger partial charge on any atom is 0.146 e. The van der Waals surface area contributed by atoms with Gasteiger partial charge >= 0.3 is 0 Å². The smallest absolute Gasteiger partial charge is 0.146 e. The van der Waals surface area contributed by atoms with Gasteiger partial charge in [-0.1, -0.05) is 60.7 Å². The quantitative estimate of drug-likeness (QED) is 0.475. The number of hydrogen-bond donors (Lipinski definition) is 0. The molecule has 0 radical (unpaired) electrons. The molecule has 0 aromatic heterocycles. The van der Waals surface area contributed by atoms with E-state index in [1.165, 1.54) is 43.2 Å². The molecule has 0 fully saturated rings. The summed E-state index contributed by atoms with van der Waals surface area (Å²) in [6.45, 7) is 2.24. The number of rotatable bonds is 6. The van der Waals surface area contributed by atoms with Crippen LogP contribution in [0.1, 0.15) is 57.4 Å². The summed E-state index contributed by atoms with van der Waals surface area (Å²) in [6.07, 6.45) is 9.50. The second-order valence-electron chi connectivity index (χ2n) is 5.73. The van der Waals surface area contributed by atoms with Gasteiger partial charge in [-0.2, -0.15) is 0 Å². The van der Waals surface area contributed by atoms with Crippen molar-refractivity contribution >= 4 is 27.8 Å². The third kappa shape index (κ3) is 4.05. The van der Waals surface area contributed by atoms with Crippen LogP contribution in [-0.2, 0) is 4.79 Å². The fraction of sp³-hybridized carbons (Fsp3) is 0.500. The molecule has 1 unspecified atom stereocenters. The Morgan fingerprint density at radius 3 is 2.65 bits per heavy atom. The van der Waals surface area contributed by atoms with E-state index in [0.717, 1.165) is 29.2 Å².